The standard InChI is InChI=1S/C26H28N8O2/c1-26(2,3)23-16-32(7-8-33(23)25(35)36)20-5-6-22(28-13-20)21-9-17(19-12-29-31(4)14-19)15-34-24(21)18(10-27)11-30-34/h5-6,9,11-15,23H,7-8,16H2,1-4H3,(H,35,36). The molecule has 4 aromatic rings. The van der Waals surface area contributed by atoms with Gasteiger partial charge in [0.2, 0.25) is 0 Å². The zero-order valence-electron chi connectivity index (χ0n) is 20.8. The first-order chi connectivity index (χ1) is 17.2. The lowest BCUT2D eigenvalue weighted by atomic mass is 9.84. The fourth-order valence-corrected chi connectivity index (χ4v) is 4.85. The maximum atomic E-state index is 11.8. The summed E-state index contributed by atoms with van der Waals surface area (Å²) in [5.74, 6) is 0. The van der Waals surface area contributed by atoms with Crippen LogP contribution < -0.4 is 4.90 Å². The molecule has 5 heterocycles. The molecule has 4 aromatic heterocycles. The van der Waals surface area contributed by atoms with Crippen LogP contribution in [0.15, 0.2) is 49.2 Å². The van der Waals surface area contributed by atoms with E-state index in [1.54, 1.807) is 26.5 Å². The summed E-state index contributed by atoms with van der Waals surface area (Å²) in [6.07, 6.45) is 8.11. The van der Waals surface area contributed by atoms with Gasteiger partial charge in [-0.05, 0) is 23.6 Å². The van der Waals surface area contributed by atoms with E-state index >= 15 is 0 Å². The number of aromatic nitrogens is 5. The molecule has 0 aromatic carbocycles. The zero-order chi connectivity index (χ0) is 25.6. The first-order valence-electron chi connectivity index (χ1n) is 11.8. The molecule has 1 saturated heterocycles. The summed E-state index contributed by atoms with van der Waals surface area (Å²) in [7, 11) is 1.87. The fraction of sp³-hybridized carbons (Fsp3) is 0.346. The van der Waals surface area contributed by atoms with Crippen LogP contribution in [-0.4, -0.2) is 66.2 Å². The number of carboxylic acid groups (broad SMARTS) is 1. The van der Waals surface area contributed by atoms with Crippen LogP contribution in [0, 0.1) is 16.7 Å². The van der Waals surface area contributed by atoms with Crippen molar-refractivity contribution in [2.45, 2.75) is 26.8 Å². The Morgan fingerprint density at radius 3 is 2.53 bits per heavy atom. The van der Waals surface area contributed by atoms with Crippen molar-refractivity contribution in [1.82, 2.24) is 29.3 Å². The number of pyridine rings is 2. The summed E-state index contributed by atoms with van der Waals surface area (Å²) in [4.78, 5) is 20.3. The average Bonchev–Trinajstić information content (AvgIpc) is 3.48. The molecule has 0 spiro atoms. The number of carbonyl (C=O) groups is 1. The van der Waals surface area contributed by atoms with Crippen molar-refractivity contribution >= 4 is 17.3 Å². The van der Waals surface area contributed by atoms with E-state index in [0.29, 0.717) is 30.7 Å². The van der Waals surface area contributed by atoms with Gasteiger partial charge in [-0.15, -0.1) is 0 Å². The molecule has 1 unspecified atom stereocenters. The molecule has 184 valence electrons. The second-order valence-corrected chi connectivity index (χ2v) is 10.2. The highest BCUT2D eigenvalue weighted by Crippen LogP contribution is 2.33. The Morgan fingerprint density at radius 1 is 1.11 bits per heavy atom. The molecule has 0 bridgehead atoms. The van der Waals surface area contributed by atoms with Gasteiger partial charge in [0.1, 0.15) is 6.07 Å². The fourth-order valence-electron chi connectivity index (χ4n) is 4.85. The highest BCUT2D eigenvalue weighted by atomic mass is 16.4. The van der Waals surface area contributed by atoms with Crippen LogP contribution in [0.5, 0.6) is 0 Å². The first kappa shape index (κ1) is 23.4. The number of nitriles is 1. The quantitative estimate of drug-likeness (QED) is 0.469. The molecule has 5 rings (SSSR count). The smallest absolute Gasteiger partial charge is 0.407 e. The van der Waals surface area contributed by atoms with Crippen molar-refractivity contribution in [2.24, 2.45) is 12.5 Å². The van der Waals surface area contributed by atoms with E-state index < -0.39 is 6.09 Å². The Kier molecular flexibility index (Phi) is 5.63. The monoisotopic (exact) mass is 484 g/mol. The molecule has 1 aliphatic rings. The molecule has 1 aliphatic heterocycles. The Bertz CT molecular complexity index is 1470. The molecule has 0 saturated carbocycles. The second kappa shape index (κ2) is 8.68. The summed E-state index contributed by atoms with van der Waals surface area (Å²) in [5, 5.41) is 28.0. The molecular weight excluding hydrogens is 456 g/mol. The van der Waals surface area contributed by atoms with E-state index in [4.69, 9.17) is 4.98 Å². The topological polar surface area (TPSA) is 116 Å². The molecule has 10 nitrogen and oxygen atoms in total. The number of amides is 1. The van der Waals surface area contributed by atoms with Crippen LogP contribution in [-0.2, 0) is 7.05 Å². The second-order valence-electron chi connectivity index (χ2n) is 10.2. The minimum absolute atomic E-state index is 0.135. The zero-order valence-corrected chi connectivity index (χ0v) is 20.8. The number of nitrogens with zero attached hydrogens (tertiary/aromatic N) is 8. The predicted octanol–water partition coefficient (Wildman–Crippen LogP) is 3.88. The van der Waals surface area contributed by atoms with Crippen LogP contribution >= 0.6 is 0 Å². The van der Waals surface area contributed by atoms with Gasteiger partial charge < -0.3 is 14.9 Å². The summed E-state index contributed by atoms with van der Waals surface area (Å²) < 4.78 is 3.45. The van der Waals surface area contributed by atoms with Crippen molar-refractivity contribution in [1.29, 1.82) is 5.26 Å². The van der Waals surface area contributed by atoms with Gasteiger partial charge in [0, 0.05) is 55.8 Å². The molecule has 0 aliphatic carbocycles. The van der Waals surface area contributed by atoms with Crippen molar-refractivity contribution in [2.75, 3.05) is 24.5 Å². The third-order valence-electron chi connectivity index (χ3n) is 6.79. The SMILES string of the molecule is Cn1cc(-c2cc(-c3ccc(N4CCN(C(=O)O)C(C(C)(C)C)C4)cn3)c3c(C#N)cnn3c2)cn1. The van der Waals surface area contributed by atoms with Crippen molar-refractivity contribution in [3.05, 3.63) is 54.7 Å². The number of anilines is 1. The van der Waals surface area contributed by atoms with Gasteiger partial charge >= 0.3 is 6.09 Å². The Morgan fingerprint density at radius 2 is 1.92 bits per heavy atom. The minimum Gasteiger partial charge on any atom is -0.465 e. The van der Waals surface area contributed by atoms with Gasteiger partial charge in [0.05, 0.1) is 47.1 Å². The molecule has 1 amide bonds. The van der Waals surface area contributed by atoms with E-state index in [1.807, 2.05) is 43.8 Å². The van der Waals surface area contributed by atoms with E-state index in [2.05, 4.69) is 41.9 Å². The number of fused-ring (bicyclic) bond motifs is 1. The lowest BCUT2D eigenvalue weighted by molar-refractivity contribution is 0.0748. The lowest BCUT2D eigenvalue weighted by Crippen LogP contribution is -2.59. The largest absolute Gasteiger partial charge is 0.465 e. The Hall–Kier alpha value is -4.39. The maximum Gasteiger partial charge on any atom is 0.407 e. The molecule has 0 radical (unpaired) electrons. The minimum atomic E-state index is -0.880. The highest BCUT2D eigenvalue weighted by molar-refractivity contribution is 5.86. The highest BCUT2D eigenvalue weighted by Gasteiger charge is 2.38. The lowest BCUT2D eigenvalue weighted by Gasteiger charge is -2.46. The van der Waals surface area contributed by atoms with Gasteiger partial charge in [-0.3, -0.25) is 9.67 Å². The van der Waals surface area contributed by atoms with E-state index in [-0.39, 0.29) is 11.5 Å². The van der Waals surface area contributed by atoms with Crippen LogP contribution in [0.25, 0.3) is 27.9 Å². The van der Waals surface area contributed by atoms with Gasteiger partial charge in [0.25, 0.3) is 0 Å². The van der Waals surface area contributed by atoms with Crippen LogP contribution in [0.1, 0.15) is 26.3 Å². The van der Waals surface area contributed by atoms with E-state index in [9.17, 15) is 15.2 Å². The first-order valence-corrected chi connectivity index (χ1v) is 11.8. The number of piperazine rings is 1. The Labute approximate surface area is 209 Å². The summed E-state index contributed by atoms with van der Waals surface area (Å²) in [6, 6.07) is 8.06. The van der Waals surface area contributed by atoms with E-state index in [0.717, 1.165) is 28.1 Å². The van der Waals surface area contributed by atoms with Crippen LogP contribution in [0.3, 0.4) is 0 Å². The van der Waals surface area contributed by atoms with E-state index in [1.165, 1.54) is 0 Å². The van der Waals surface area contributed by atoms with Crippen molar-refractivity contribution in [3.63, 3.8) is 0 Å². The third-order valence-corrected chi connectivity index (χ3v) is 6.79. The normalized spacial score (nSPS) is 16.4. The maximum absolute atomic E-state index is 11.8. The van der Waals surface area contributed by atoms with Gasteiger partial charge in [-0.1, -0.05) is 20.8 Å². The van der Waals surface area contributed by atoms with Crippen LogP contribution in [0.4, 0.5) is 10.5 Å². The Balaban J connectivity index is 1.51. The third kappa shape index (κ3) is 4.13. The average molecular weight is 485 g/mol. The molecule has 1 atom stereocenters. The molecule has 36 heavy (non-hydrogen) atoms. The molecular formula is C26H28N8O2. The van der Waals surface area contributed by atoms with Gasteiger partial charge in [0.15, 0.2) is 0 Å². The number of aryl methyl sites for hydroxylation is 1. The number of rotatable bonds is 3. The molecule has 1 fully saturated rings. The molecule has 10 heteroatoms. The van der Waals surface area contributed by atoms with Crippen molar-refractivity contribution in [3.8, 4) is 28.5 Å². The summed E-state index contributed by atoms with van der Waals surface area (Å²) >= 11 is 0. The number of hydrogen-bond donors (Lipinski definition) is 1. The van der Waals surface area contributed by atoms with Gasteiger partial charge in [-0.2, -0.15) is 15.5 Å². The van der Waals surface area contributed by atoms with Gasteiger partial charge in [-0.25, -0.2) is 9.31 Å². The predicted molar refractivity (Wildman–Crippen MR) is 136 cm³/mol. The van der Waals surface area contributed by atoms with Crippen LogP contribution in [0.2, 0.25) is 0 Å². The van der Waals surface area contributed by atoms with Crippen molar-refractivity contribution < 1.29 is 9.90 Å². The summed E-state index contributed by atoms with van der Waals surface area (Å²) in [5.41, 5.74) is 5.31. The number of hydrogen-bond acceptors (Lipinski definition) is 6. The summed E-state index contributed by atoms with van der Waals surface area (Å²) in [6.45, 7) is 7.83. The molecule has 1 N–H and O–H groups in total.